The molecule has 1 saturated carbocycles. The van der Waals surface area contributed by atoms with E-state index in [0.717, 1.165) is 34.2 Å². The molecule has 0 saturated heterocycles. The lowest BCUT2D eigenvalue weighted by Gasteiger charge is -2.43. The highest BCUT2D eigenvalue weighted by molar-refractivity contribution is 6.83. The van der Waals surface area contributed by atoms with Crippen molar-refractivity contribution in [2.75, 3.05) is 7.11 Å². The molecule has 1 aromatic carbocycles. The first-order valence-corrected chi connectivity index (χ1v) is 11.4. The molecular weight excluding hydrogens is 284 g/mol. The molecule has 0 amide bonds. The molecule has 2 heteroatoms. The maximum Gasteiger partial charge on any atom is 0.118 e. The van der Waals surface area contributed by atoms with Crippen molar-refractivity contribution in [2.24, 2.45) is 5.92 Å². The third-order valence-electron chi connectivity index (χ3n) is 6.31. The summed E-state index contributed by atoms with van der Waals surface area (Å²) >= 11 is 0. The zero-order valence-corrected chi connectivity index (χ0v) is 16.5. The van der Waals surface area contributed by atoms with Gasteiger partial charge in [-0.2, -0.15) is 0 Å². The van der Waals surface area contributed by atoms with Crippen LogP contribution in [0.4, 0.5) is 0 Å². The van der Waals surface area contributed by atoms with E-state index in [-0.39, 0.29) is 0 Å². The van der Waals surface area contributed by atoms with Crippen molar-refractivity contribution in [3.8, 4) is 5.75 Å². The maximum atomic E-state index is 5.28. The minimum Gasteiger partial charge on any atom is -0.497 e. The molecule has 1 aliphatic rings. The van der Waals surface area contributed by atoms with Gasteiger partial charge in [0.1, 0.15) is 5.75 Å². The number of ether oxygens (including phenoxy) is 1. The highest BCUT2D eigenvalue weighted by Gasteiger charge is 2.49. The molecule has 1 nitrogen and oxygen atoms in total. The number of rotatable bonds is 7. The van der Waals surface area contributed by atoms with Gasteiger partial charge < -0.3 is 4.74 Å². The molecule has 0 aromatic heterocycles. The normalized spacial score (nSPS) is 21.7. The quantitative estimate of drug-likeness (QED) is 0.523. The van der Waals surface area contributed by atoms with E-state index >= 15 is 0 Å². The molecule has 0 bridgehead atoms. The predicted octanol–water partition coefficient (Wildman–Crippen LogP) is 6.48. The second-order valence-electron chi connectivity index (χ2n) is 8.16. The topological polar surface area (TPSA) is 9.23 Å². The van der Waals surface area contributed by atoms with E-state index in [2.05, 4.69) is 65.8 Å². The van der Waals surface area contributed by atoms with E-state index in [1.807, 2.05) is 0 Å². The first-order chi connectivity index (χ1) is 10.3. The Morgan fingerprint density at radius 2 is 1.45 bits per heavy atom. The van der Waals surface area contributed by atoms with Crippen LogP contribution in [0.15, 0.2) is 24.3 Å². The van der Waals surface area contributed by atoms with Crippen LogP contribution in [-0.4, -0.2) is 15.2 Å². The summed E-state index contributed by atoms with van der Waals surface area (Å²) in [5, 5.41) is 0. The SMILES string of the molecule is COc1ccc([C@@H]2C[C@@H]2C[Si](C(C)C)(C(C)C)C(C)C)cc1. The van der Waals surface area contributed by atoms with Gasteiger partial charge in [-0.1, -0.05) is 76.3 Å². The summed E-state index contributed by atoms with van der Waals surface area (Å²) in [6.07, 6.45) is 1.40. The van der Waals surface area contributed by atoms with Crippen molar-refractivity contribution < 1.29 is 4.74 Å². The van der Waals surface area contributed by atoms with Crippen molar-refractivity contribution in [1.82, 2.24) is 0 Å². The Balaban J connectivity index is 2.10. The van der Waals surface area contributed by atoms with Crippen molar-refractivity contribution in [1.29, 1.82) is 0 Å². The molecule has 1 fully saturated rings. The van der Waals surface area contributed by atoms with Gasteiger partial charge in [-0.25, -0.2) is 0 Å². The average Bonchev–Trinajstić information content (AvgIpc) is 3.22. The van der Waals surface area contributed by atoms with E-state index in [0.29, 0.717) is 0 Å². The second-order valence-corrected chi connectivity index (χ2v) is 14.3. The minimum atomic E-state index is -1.25. The van der Waals surface area contributed by atoms with Gasteiger partial charge in [0.15, 0.2) is 0 Å². The van der Waals surface area contributed by atoms with Gasteiger partial charge in [-0.05, 0) is 36.0 Å². The van der Waals surface area contributed by atoms with Gasteiger partial charge >= 0.3 is 0 Å². The largest absolute Gasteiger partial charge is 0.497 e. The van der Waals surface area contributed by atoms with Gasteiger partial charge in [0.2, 0.25) is 0 Å². The monoisotopic (exact) mass is 318 g/mol. The predicted molar refractivity (Wildman–Crippen MR) is 99.7 cm³/mol. The lowest BCUT2D eigenvalue weighted by atomic mass is 10.1. The first kappa shape index (κ1) is 17.6. The lowest BCUT2D eigenvalue weighted by molar-refractivity contribution is 0.414. The Labute approximate surface area is 138 Å². The highest BCUT2D eigenvalue weighted by atomic mass is 28.3. The summed E-state index contributed by atoms with van der Waals surface area (Å²) in [6, 6.07) is 10.3. The van der Waals surface area contributed by atoms with Crippen molar-refractivity contribution in [3.05, 3.63) is 29.8 Å². The molecule has 0 aliphatic heterocycles. The first-order valence-electron chi connectivity index (χ1n) is 8.96. The lowest BCUT2D eigenvalue weighted by Crippen LogP contribution is -2.44. The molecule has 1 aliphatic carbocycles. The number of hydrogen-bond donors (Lipinski definition) is 0. The Kier molecular flexibility index (Phi) is 5.42. The van der Waals surface area contributed by atoms with Crippen LogP contribution < -0.4 is 4.74 Å². The summed E-state index contributed by atoms with van der Waals surface area (Å²) in [5.74, 6) is 2.69. The molecule has 0 spiro atoms. The molecule has 2 atom stereocenters. The average molecular weight is 319 g/mol. The van der Waals surface area contributed by atoms with E-state index < -0.39 is 8.07 Å². The fourth-order valence-corrected chi connectivity index (χ4v) is 11.7. The van der Waals surface area contributed by atoms with Crippen molar-refractivity contribution in [2.45, 2.75) is 76.5 Å². The zero-order chi connectivity index (χ0) is 16.5. The summed E-state index contributed by atoms with van der Waals surface area (Å²) < 4.78 is 5.28. The van der Waals surface area contributed by atoms with Crippen LogP contribution in [0.3, 0.4) is 0 Å². The van der Waals surface area contributed by atoms with E-state index in [4.69, 9.17) is 4.74 Å². The van der Waals surface area contributed by atoms with Gasteiger partial charge in [0.25, 0.3) is 0 Å². The Hall–Kier alpha value is -0.763. The third kappa shape index (κ3) is 3.27. The van der Waals surface area contributed by atoms with Crippen molar-refractivity contribution >= 4 is 8.07 Å². The molecule has 1 aromatic rings. The molecule has 0 unspecified atom stereocenters. The van der Waals surface area contributed by atoms with Gasteiger partial charge in [-0.3, -0.25) is 0 Å². The molecule has 0 radical (unpaired) electrons. The summed E-state index contributed by atoms with van der Waals surface area (Å²) in [6.45, 7) is 14.9. The molecule has 124 valence electrons. The summed E-state index contributed by atoms with van der Waals surface area (Å²) in [4.78, 5) is 0. The van der Waals surface area contributed by atoms with Crippen LogP contribution in [0.5, 0.6) is 5.75 Å². The summed E-state index contributed by atoms with van der Waals surface area (Å²) in [5.41, 5.74) is 4.16. The van der Waals surface area contributed by atoms with Gasteiger partial charge in [-0.15, -0.1) is 0 Å². The second kappa shape index (κ2) is 6.78. The van der Waals surface area contributed by atoms with Crippen LogP contribution in [-0.2, 0) is 0 Å². The number of benzene rings is 1. The number of hydrogen-bond acceptors (Lipinski definition) is 1. The van der Waals surface area contributed by atoms with Crippen molar-refractivity contribution in [3.63, 3.8) is 0 Å². The fraction of sp³-hybridized carbons (Fsp3) is 0.700. The third-order valence-corrected chi connectivity index (χ3v) is 14.0. The Morgan fingerprint density at radius 1 is 0.955 bits per heavy atom. The number of methoxy groups -OCH3 is 1. The van der Waals surface area contributed by atoms with E-state index in [9.17, 15) is 0 Å². The van der Waals surface area contributed by atoms with Crippen LogP contribution in [0.1, 0.15) is 59.4 Å². The van der Waals surface area contributed by atoms with Gasteiger partial charge in [0, 0.05) is 0 Å². The maximum absolute atomic E-state index is 5.28. The standard InChI is InChI=1S/C20H34OSi/c1-14(2)22(15(3)4,16(5)6)13-18-12-20(18)17-8-10-19(21-7)11-9-17/h8-11,14-16,18,20H,12-13H2,1-7H3/t18-,20+/m1/s1. The molecular formula is C20H34OSi. The fourth-order valence-electron chi connectivity index (χ4n) is 4.89. The molecule has 22 heavy (non-hydrogen) atoms. The van der Waals surface area contributed by atoms with E-state index in [1.54, 1.807) is 7.11 Å². The van der Waals surface area contributed by atoms with Gasteiger partial charge in [0.05, 0.1) is 15.2 Å². The van der Waals surface area contributed by atoms with Crippen LogP contribution in [0.25, 0.3) is 0 Å². The van der Waals surface area contributed by atoms with Crippen LogP contribution >= 0.6 is 0 Å². The van der Waals surface area contributed by atoms with E-state index in [1.165, 1.54) is 18.0 Å². The Morgan fingerprint density at radius 3 is 1.86 bits per heavy atom. The molecule has 2 rings (SSSR count). The minimum absolute atomic E-state index is 0.800. The molecule has 0 heterocycles. The molecule has 0 N–H and O–H groups in total. The smallest absolute Gasteiger partial charge is 0.118 e. The van der Waals surface area contributed by atoms with Crippen LogP contribution in [0.2, 0.25) is 22.7 Å². The zero-order valence-electron chi connectivity index (χ0n) is 15.5. The Bertz CT molecular complexity index is 453. The van der Waals surface area contributed by atoms with Crippen LogP contribution in [0, 0.1) is 5.92 Å². The summed E-state index contributed by atoms with van der Waals surface area (Å²) in [7, 11) is 0.494. The highest BCUT2D eigenvalue weighted by Crippen LogP contribution is 2.57.